The number of aromatic amines is 1. The van der Waals surface area contributed by atoms with Gasteiger partial charge >= 0.3 is 0 Å². The molecule has 6 heteroatoms. The highest BCUT2D eigenvalue weighted by molar-refractivity contribution is 5.74. The van der Waals surface area contributed by atoms with Crippen LogP contribution in [-0.4, -0.2) is 22.5 Å². The molecule has 0 amide bonds. The first kappa shape index (κ1) is 17.8. The second kappa shape index (κ2) is 9.57. The van der Waals surface area contributed by atoms with Crippen molar-refractivity contribution in [3.63, 3.8) is 0 Å². The fourth-order valence-corrected chi connectivity index (χ4v) is 1.77. The van der Waals surface area contributed by atoms with E-state index < -0.39 is 0 Å². The van der Waals surface area contributed by atoms with Gasteiger partial charge in [0.05, 0.1) is 0 Å². The van der Waals surface area contributed by atoms with Crippen LogP contribution in [0.3, 0.4) is 0 Å². The Bertz CT molecular complexity index is 838. The summed E-state index contributed by atoms with van der Waals surface area (Å²) < 4.78 is 5.46. The zero-order valence-corrected chi connectivity index (χ0v) is 13.3. The number of carbonyl (C=O) groups excluding carboxylic acids is 2. The average Bonchev–Trinajstić information content (AvgIpc) is 2.69. The smallest absolute Gasteiger partial charge is 0.247 e. The first-order valence-corrected chi connectivity index (χ1v) is 7.43. The molecule has 0 fully saturated rings. The van der Waals surface area contributed by atoms with E-state index in [1.165, 1.54) is 24.5 Å². The molecule has 0 atom stereocenters. The van der Waals surface area contributed by atoms with Crippen LogP contribution in [0.1, 0.15) is 26.3 Å². The molecule has 2 heterocycles. The van der Waals surface area contributed by atoms with Gasteiger partial charge in [0.25, 0.3) is 0 Å². The highest BCUT2D eigenvalue weighted by Crippen LogP contribution is 2.09. The molecule has 0 saturated carbocycles. The molecule has 3 rings (SSSR count). The van der Waals surface area contributed by atoms with Gasteiger partial charge in [-0.1, -0.05) is 30.3 Å². The van der Waals surface area contributed by atoms with Gasteiger partial charge in [0.1, 0.15) is 6.61 Å². The molecule has 0 aliphatic carbocycles. The van der Waals surface area contributed by atoms with Crippen molar-refractivity contribution in [1.82, 2.24) is 9.97 Å². The van der Waals surface area contributed by atoms with E-state index in [2.05, 4.69) is 9.97 Å². The van der Waals surface area contributed by atoms with Crippen molar-refractivity contribution in [2.24, 2.45) is 0 Å². The van der Waals surface area contributed by atoms with E-state index in [1.54, 1.807) is 12.1 Å². The number of hydrogen-bond acceptors (Lipinski definition) is 5. The third kappa shape index (κ3) is 6.23. The normalized spacial score (nSPS) is 9.44. The van der Waals surface area contributed by atoms with Crippen molar-refractivity contribution in [2.75, 3.05) is 0 Å². The third-order valence-electron chi connectivity index (χ3n) is 3.07. The lowest BCUT2D eigenvalue weighted by atomic mass is 10.2. The van der Waals surface area contributed by atoms with Crippen molar-refractivity contribution >= 4 is 12.6 Å². The number of carbonyl (C=O) groups is 2. The molecule has 25 heavy (non-hydrogen) atoms. The Labute approximate surface area is 144 Å². The minimum absolute atomic E-state index is 0.194. The summed E-state index contributed by atoms with van der Waals surface area (Å²) in [6.07, 6.45) is 4.30. The number of aldehydes is 2. The number of H-pyrrole nitrogens is 1. The minimum Gasteiger partial charge on any atom is -0.473 e. The zero-order valence-electron chi connectivity index (χ0n) is 13.3. The van der Waals surface area contributed by atoms with Crippen LogP contribution in [0.2, 0.25) is 0 Å². The molecule has 0 aliphatic heterocycles. The highest BCUT2D eigenvalue weighted by Gasteiger charge is 1.97. The number of pyridine rings is 2. The average molecular weight is 336 g/mol. The molecule has 1 N–H and O–H groups in total. The molecular formula is C19H16N2O4. The highest BCUT2D eigenvalue weighted by atomic mass is 16.5. The minimum atomic E-state index is -0.194. The van der Waals surface area contributed by atoms with Gasteiger partial charge in [0.15, 0.2) is 12.6 Å². The Kier molecular flexibility index (Phi) is 6.81. The van der Waals surface area contributed by atoms with E-state index in [4.69, 9.17) is 4.74 Å². The first-order chi connectivity index (χ1) is 12.2. The SMILES string of the molecule is O=Cc1ccc(=O)[nH]c1.O=Cc1ccc(OCc2ccccc2)nc1. The van der Waals surface area contributed by atoms with Crippen LogP contribution in [0.5, 0.6) is 5.88 Å². The maximum absolute atomic E-state index is 10.4. The summed E-state index contributed by atoms with van der Waals surface area (Å²) in [5, 5.41) is 0. The van der Waals surface area contributed by atoms with Crippen LogP contribution in [0.4, 0.5) is 0 Å². The van der Waals surface area contributed by atoms with E-state index in [0.29, 0.717) is 29.9 Å². The number of rotatable bonds is 5. The van der Waals surface area contributed by atoms with E-state index >= 15 is 0 Å². The van der Waals surface area contributed by atoms with Gasteiger partial charge in [-0.25, -0.2) is 4.98 Å². The van der Waals surface area contributed by atoms with Gasteiger partial charge in [0, 0.05) is 35.7 Å². The van der Waals surface area contributed by atoms with Crippen LogP contribution < -0.4 is 10.3 Å². The number of nitrogens with zero attached hydrogens (tertiary/aromatic N) is 1. The van der Waals surface area contributed by atoms with E-state index in [9.17, 15) is 14.4 Å². The molecule has 0 bridgehead atoms. The largest absolute Gasteiger partial charge is 0.473 e. The van der Waals surface area contributed by atoms with Gasteiger partial charge in [0.2, 0.25) is 11.4 Å². The number of aromatic nitrogens is 2. The fourth-order valence-electron chi connectivity index (χ4n) is 1.77. The number of nitrogens with one attached hydrogen (secondary N) is 1. The molecule has 0 aliphatic rings. The Balaban J connectivity index is 0.000000212. The molecule has 2 aromatic heterocycles. The number of benzene rings is 1. The second-order valence-corrected chi connectivity index (χ2v) is 4.93. The van der Waals surface area contributed by atoms with E-state index in [0.717, 1.165) is 11.8 Å². The molecule has 1 aromatic carbocycles. The summed E-state index contributed by atoms with van der Waals surface area (Å²) in [5.74, 6) is 0.523. The lowest BCUT2D eigenvalue weighted by Gasteiger charge is -2.04. The molecule has 6 nitrogen and oxygen atoms in total. The lowest BCUT2D eigenvalue weighted by Crippen LogP contribution is -2.01. The summed E-state index contributed by atoms with van der Waals surface area (Å²) in [6, 6.07) is 16.0. The Morgan fingerprint density at radius 2 is 1.64 bits per heavy atom. The second-order valence-electron chi connectivity index (χ2n) is 4.93. The van der Waals surface area contributed by atoms with Crippen LogP contribution in [0.15, 0.2) is 71.8 Å². The van der Waals surface area contributed by atoms with Crippen molar-refractivity contribution in [1.29, 1.82) is 0 Å². The molecule has 0 spiro atoms. The van der Waals surface area contributed by atoms with Crippen molar-refractivity contribution in [2.45, 2.75) is 6.61 Å². The van der Waals surface area contributed by atoms with Crippen LogP contribution in [-0.2, 0) is 6.61 Å². The van der Waals surface area contributed by atoms with Gasteiger partial charge in [-0.3, -0.25) is 14.4 Å². The fraction of sp³-hybridized carbons (Fsp3) is 0.0526. The lowest BCUT2D eigenvalue weighted by molar-refractivity contribution is 0.111. The van der Waals surface area contributed by atoms with Gasteiger partial charge in [-0.15, -0.1) is 0 Å². The predicted molar refractivity (Wildman–Crippen MR) is 92.8 cm³/mol. The van der Waals surface area contributed by atoms with Crippen molar-refractivity contribution in [3.8, 4) is 5.88 Å². The predicted octanol–water partition coefficient (Wildman–Crippen LogP) is 2.66. The summed E-state index contributed by atoms with van der Waals surface area (Å²) >= 11 is 0. The van der Waals surface area contributed by atoms with Gasteiger partial charge in [-0.2, -0.15) is 0 Å². The Morgan fingerprint density at radius 1 is 0.920 bits per heavy atom. The maximum Gasteiger partial charge on any atom is 0.247 e. The molecule has 0 unspecified atom stereocenters. The van der Waals surface area contributed by atoms with E-state index in [1.807, 2.05) is 30.3 Å². The standard InChI is InChI=1S/C13H11NO2.C6H5NO2/c15-9-12-6-7-13(14-8-12)16-10-11-4-2-1-3-5-11;8-4-5-1-2-6(9)7-3-5/h1-9H,10H2;1-4H,(H,7,9). The third-order valence-corrected chi connectivity index (χ3v) is 3.07. The summed E-state index contributed by atoms with van der Waals surface area (Å²) in [4.78, 5) is 37.2. The molecule has 126 valence electrons. The first-order valence-electron chi connectivity index (χ1n) is 7.43. The number of hydrogen-bond donors (Lipinski definition) is 1. The van der Waals surface area contributed by atoms with Gasteiger partial charge in [-0.05, 0) is 17.7 Å². The molecule has 3 aromatic rings. The Morgan fingerprint density at radius 3 is 2.20 bits per heavy atom. The maximum atomic E-state index is 10.4. The van der Waals surface area contributed by atoms with Crippen molar-refractivity contribution in [3.05, 3.63) is 94.0 Å². The zero-order chi connectivity index (χ0) is 17.9. The quantitative estimate of drug-likeness (QED) is 0.724. The molecule has 0 radical (unpaired) electrons. The topological polar surface area (TPSA) is 89.1 Å². The number of ether oxygens (including phenoxy) is 1. The van der Waals surface area contributed by atoms with Crippen LogP contribution in [0.25, 0.3) is 0 Å². The van der Waals surface area contributed by atoms with Crippen LogP contribution in [0, 0.1) is 0 Å². The monoisotopic (exact) mass is 336 g/mol. The molecule has 0 saturated heterocycles. The van der Waals surface area contributed by atoms with Gasteiger partial charge < -0.3 is 9.72 Å². The van der Waals surface area contributed by atoms with E-state index in [-0.39, 0.29) is 5.56 Å². The Hall–Kier alpha value is -3.54. The van der Waals surface area contributed by atoms with Crippen molar-refractivity contribution < 1.29 is 14.3 Å². The van der Waals surface area contributed by atoms with Crippen LogP contribution >= 0.6 is 0 Å². The summed E-state index contributed by atoms with van der Waals surface area (Å²) in [5.41, 5.74) is 1.92. The molecular weight excluding hydrogens is 320 g/mol. The summed E-state index contributed by atoms with van der Waals surface area (Å²) in [7, 11) is 0. The summed E-state index contributed by atoms with van der Waals surface area (Å²) in [6.45, 7) is 0.480.